The van der Waals surface area contributed by atoms with Crippen LogP contribution in [0.2, 0.25) is 0 Å². The summed E-state index contributed by atoms with van der Waals surface area (Å²) in [5, 5.41) is 12.9. The Balaban J connectivity index is 2.17. The third kappa shape index (κ3) is 2.51. The average molecular weight is 283 g/mol. The number of fused-ring (bicyclic) bond motifs is 1. The summed E-state index contributed by atoms with van der Waals surface area (Å²) in [6, 6.07) is 11.1. The van der Waals surface area contributed by atoms with Gasteiger partial charge >= 0.3 is 0 Å². The molecule has 2 aromatic rings. The normalized spacial score (nSPS) is 14.2. The predicted molar refractivity (Wildman–Crippen MR) is 77.7 cm³/mol. The summed E-state index contributed by atoms with van der Waals surface area (Å²) in [5.74, 6) is -0.281. The number of carbonyl (C=O) groups excluding carboxylic acids is 2. The van der Waals surface area contributed by atoms with Gasteiger partial charge in [0.1, 0.15) is 12.4 Å². The summed E-state index contributed by atoms with van der Waals surface area (Å²) in [6.07, 6.45) is 1.29. The van der Waals surface area contributed by atoms with E-state index in [9.17, 15) is 9.59 Å². The third-order valence-electron chi connectivity index (χ3n) is 3.24. The quantitative estimate of drug-likeness (QED) is 0.828. The zero-order valence-corrected chi connectivity index (χ0v) is 11.1. The number of imide groups is 1. The average Bonchev–Trinajstić information content (AvgIpc) is 2.82. The van der Waals surface area contributed by atoms with Crippen molar-refractivity contribution >= 4 is 28.2 Å². The fourth-order valence-corrected chi connectivity index (χ4v) is 2.36. The number of rotatable bonds is 4. The number of aliphatic hydroxyl groups is 1. The molecule has 0 aliphatic carbocycles. The van der Waals surface area contributed by atoms with E-state index in [4.69, 9.17) is 9.84 Å². The third-order valence-corrected chi connectivity index (χ3v) is 3.24. The monoisotopic (exact) mass is 283 g/mol. The largest absolute Gasteiger partial charge is 0.491 e. The standard InChI is InChI=1S/C16H13NO4/c18-5-6-21-11-7-10-3-1-2-4-12(10)13(8-11)14-9-15(19)17-16(14)20/h1-4,7-9,18H,5-6H2,(H,17,19,20). The number of nitrogens with one attached hydrogen (secondary N) is 1. The van der Waals surface area contributed by atoms with Crippen LogP contribution in [0.5, 0.6) is 5.75 Å². The Kier molecular flexibility index (Phi) is 3.41. The predicted octanol–water partition coefficient (Wildman–Crippen LogP) is 1.25. The Morgan fingerprint density at radius 2 is 1.95 bits per heavy atom. The molecular formula is C16H13NO4. The Hall–Kier alpha value is -2.66. The maximum absolute atomic E-state index is 11.9. The zero-order valence-electron chi connectivity index (χ0n) is 11.1. The summed E-state index contributed by atoms with van der Waals surface area (Å²) < 4.78 is 5.43. The number of hydrogen-bond acceptors (Lipinski definition) is 4. The summed E-state index contributed by atoms with van der Waals surface area (Å²) >= 11 is 0. The van der Waals surface area contributed by atoms with E-state index in [2.05, 4.69) is 5.32 Å². The smallest absolute Gasteiger partial charge is 0.258 e. The highest BCUT2D eigenvalue weighted by atomic mass is 16.5. The molecule has 0 saturated heterocycles. The van der Waals surface area contributed by atoms with Crippen molar-refractivity contribution in [1.29, 1.82) is 0 Å². The molecule has 2 aromatic carbocycles. The van der Waals surface area contributed by atoms with E-state index in [1.807, 2.05) is 30.3 Å². The highest BCUT2D eigenvalue weighted by molar-refractivity contribution is 6.35. The van der Waals surface area contributed by atoms with Gasteiger partial charge < -0.3 is 9.84 Å². The first-order valence-electron chi connectivity index (χ1n) is 6.53. The molecule has 0 fully saturated rings. The molecule has 0 radical (unpaired) electrons. The van der Waals surface area contributed by atoms with Gasteiger partial charge in [-0.1, -0.05) is 24.3 Å². The maximum Gasteiger partial charge on any atom is 0.258 e. The molecule has 0 bridgehead atoms. The molecule has 2 amide bonds. The van der Waals surface area contributed by atoms with E-state index < -0.39 is 11.8 Å². The van der Waals surface area contributed by atoms with Crippen molar-refractivity contribution in [3.05, 3.63) is 48.0 Å². The molecule has 1 aliphatic rings. The first-order chi connectivity index (χ1) is 10.2. The van der Waals surface area contributed by atoms with Gasteiger partial charge in [0.05, 0.1) is 12.2 Å². The van der Waals surface area contributed by atoms with Crippen LogP contribution in [0.1, 0.15) is 5.56 Å². The molecule has 0 spiro atoms. The van der Waals surface area contributed by atoms with Crippen molar-refractivity contribution in [3.63, 3.8) is 0 Å². The van der Waals surface area contributed by atoms with Gasteiger partial charge in [-0.2, -0.15) is 0 Å². The fraction of sp³-hybridized carbons (Fsp3) is 0.125. The molecule has 5 nitrogen and oxygen atoms in total. The van der Waals surface area contributed by atoms with Crippen molar-refractivity contribution < 1.29 is 19.4 Å². The molecule has 106 valence electrons. The molecule has 1 aliphatic heterocycles. The second kappa shape index (κ2) is 5.38. The van der Waals surface area contributed by atoms with Crippen LogP contribution in [0.25, 0.3) is 16.3 Å². The van der Waals surface area contributed by atoms with E-state index >= 15 is 0 Å². The van der Waals surface area contributed by atoms with Gasteiger partial charge in [-0.05, 0) is 28.5 Å². The van der Waals surface area contributed by atoms with Gasteiger partial charge in [-0.25, -0.2) is 0 Å². The number of hydrogen-bond donors (Lipinski definition) is 2. The van der Waals surface area contributed by atoms with Gasteiger partial charge in [-0.15, -0.1) is 0 Å². The number of benzene rings is 2. The second-order valence-corrected chi connectivity index (χ2v) is 4.64. The Labute approximate surface area is 120 Å². The van der Waals surface area contributed by atoms with Gasteiger partial charge in [0, 0.05) is 6.08 Å². The second-order valence-electron chi connectivity index (χ2n) is 4.64. The molecule has 3 rings (SSSR count). The Morgan fingerprint density at radius 3 is 2.67 bits per heavy atom. The minimum absolute atomic E-state index is 0.0934. The van der Waals surface area contributed by atoms with Crippen LogP contribution < -0.4 is 10.1 Å². The highest BCUT2D eigenvalue weighted by Crippen LogP contribution is 2.31. The minimum atomic E-state index is -0.416. The van der Waals surface area contributed by atoms with Gasteiger partial charge in [0.2, 0.25) is 0 Å². The van der Waals surface area contributed by atoms with Crippen LogP contribution in [0.4, 0.5) is 0 Å². The maximum atomic E-state index is 11.9. The summed E-state index contributed by atoms with van der Waals surface area (Å²) in [7, 11) is 0. The minimum Gasteiger partial charge on any atom is -0.491 e. The number of amides is 2. The molecule has 1 heterocycles. The summed E-state index contributed by atoms with van der Waals surface area (Å²) in [5.41, 5.74) is 0.968. The van der Waals surface area contributed by atoms with Crippen LogP contribution in [-0.2, 0) is 9.59 Å². The van der Waals surface area contributed by atoms with Gasteiger partial charge in [0.25, 0.3) is 11.8 Å². The molecular weight excluding hydrogens is 270 g/mol. The molecule has 5 heteroatoms. The van der Waals surface area contributed by atoms with E-state index in [-0.39, 0.29) is 13.2 Å². The molecule has 0 atom stereocenters. The van der Waals surface area contributed by atoms with E-state index in [0.29, 0.717) is 16.9 Å². The Morgan fingerprint density at radius 1 is 1.14 bits per heavy atom. The lowest BCUT2D eigenvalue weighted by Gasteiger charge is -2.11. The van der Waals surface area contributed by atoms with E-state index in [1.165, 1.54) is 6.08 Å². The summed E-state index contributed by atoms with van der Waals surface area (Å²) in [6.45, 7) is 0.0752. The van der Waals surface area contributed by atoms with Crippen molar-refractivity contribution in [2.45, 2.75) is 0 Å². The van der Waals surface area contributed by atoms with Crippen molar-refractivity contribution in [2.24, 2.45) is 0 Å². The van der Waals surface area contributed by atoms with Crippen LogP contribution in [-0.4, -0.2) is 30.1 Å². The van der Waals surface area contributed by atoms with Crippen molar-refractivity contribution in [3.8, 4) is 5.75 Å². The SMILES string of the molecule is O=C1C=C(c2cc(OCCO)cc3ccccc23)C(=O)N1. The lowest BCUT2D eigenvalue weighted by Crippen LogP contribution is -2.21. The topological polar surface area (TPSA) is 75.6 Å². The highest BCUT2D eigenvalue weighted by Gasteiger charge is 2.24. The van der Waals surface area contributed by atoms with E-state index in [1.54, 1.807) is 6.07 Å². The van der Waals surface area contributed by atoms with Crippen molar-refractivity contribution in [1.82, 2.24) is 5.32 Å². The number of carbonyl (C=O) groups is 2. The van der Waals surface area contributed by atoms with Gasteiger partial charge in [0.15, 0.2) is 0 Å². The van der Waals surface area contributed by atoms with E-state index in [0.717, 1.165) is 10.8 Å². The zero-order chi connectivity index (χ0) is 14.8. The lowest BCUT2D eigenvalue weighted by atomic mass is 9.98. The number of aliphatic hydroxyl groups excluding tert-OH is 1. The molecule has 0 saturated carbocycles. The van der Waals surface area contributed by atoms with Crippen LogP contribution >= 0.6 is 0 Å². The van der Waals surface area contributed by atoms with Crippen LogP contribution in [0, 0.1) is 0 Å². The first-order valence-corrected chi connectivity index (χ1v) is 6.53. The Bertz CT molecular complexity index is 764. The lowest BCUT2D eigenvalue weighted by molar-refractivity contribution is -0.123. The first kappa shape index (κ1) is 13.3. The van der Waals surface area contributed by atoms with Gasteiger partial charge in [-0.3, -0.25) is 14.9 Å². The molecule has 0 unspecified atom stereocenters. The fourth-order valence-electron chi connectivity index (χ4n) is 2.36. The number of ether oxygens (including phenoxy) is 1. The molecule has 0 aromatic heterocycles. The molecule has 2 N–H and O–H groups in total. The van der Waals surface area contributed by atoms with Crippen LogP contribution in [0.15, 0.2) is 42.5 Å². The summed E-state index contributed by atoms with van der Waals surface area (Å²) in [4.78, 5) is 23.2. The van der Waals surface area contributed by atoms with Crippen LogP contribution in [0.3, 0.4) is 0 Å². The van der Waals surface area contributed by atoms with Crippen molar-refractivity contribution in [2.75, 3.05) is 13.2 Å². The molecule has 21 heavy (non-hydrogen) atoms.